The van der Waals surface area contributed by atoms with Gasteiger partial charge in [-0.05, 0) is 29.8 Å². The summed E-state index contributed by atoms with van der Waals surface area (Å²) in [5.74, 6) is 0.262. The first kappa shape index (κ1) is 23.1. The van der Waals surface area contributed by atoms with E-state index < -0.39 is 11.7 Å². The molecule has 0 aliphatic heterocycles. The second-order valence-electron chi connectivity index (χ2n) is 8.54. The number of nitrogens with zero attached hydrogens (tertiary/aromatic N) is 5. The Kier molecular flexibility index (Phi) is 5.64. The van der Waals surface area contributed by atoms with E-state index in [9.17, 15) is 9.18 Å². The SMILES string of the molecule is COc1ccc(F)cc1C(=O)NCc1ccc(-c2ncc(-c3cnc4ncccn34)c3[nH]nc(N)c23)cc1. The number of amides is 1. The quantitative estimate of drug-likeness (QED) is 0.309. The number of nitrogens with two attached hydrogens (primary N) is 1. The van der Waals surface area contributed by atoms with Gasteiger partial charge in [-0.25, -0.2) is 14.4 Å². The summed E-state index contributed by atoms with van der Waals surface area (Å²) in [4.78, 5) is 26.0. The van der Waals surface area contributed by atoms with Crippen molar-refractivity contribution in [3.63, 3.8) is 0 Å². The molecule has 0 saturated heterocycles. The maximum absolute atomic E-state index is 13.6. The van der Waals surface area contributed by atoms with Crippen molar-refractivity contribution in [1.82, 2.24) is 34.9 Å². The molecule has 0 aliphatic rings. The number of imidazole rings is 1. The van der Waals surface area contributed by atoms with Gasteiger partial charge in [0.15, 0.2) is 5.82 Å². The Bertz CT molecular complexity index is 1810. The maximum Gasteiger partial charge on any atom is 0.255 e. The van der Waals surface area contributed by atoms with Crippen LogP contribution in [0.2, 0.25) is 0 Å². The highest BCUT2D eigenvalue weighted by atomic mass is 19.1. The molecule has 10 nitrogen and oxygen atoms in total. The minimum atomic E-state index is -0.512. The fraction of sp³-hybridized carbons (Fsp3) is 0.0741. The van der Waals surface area contributed by atoms with E-state index in [2.05, 4.69) is 25.5 Å². The Morgan fingerprint density at radius 2 is 1.97 bits per heavy atom. The second kappa shape index (κ2) is 9.28. The Hall–Kier alpha value is -5.32. The summed E-state index contributed by atoms with van der Waals surface area (Å²) in [6, 6.07) is 13.2. The van der Waals surface area contributed by atoms with Crippen molar-refractivity contribution in [2.75, 3.05) is 12.8 Å². The monoisotopic (exact) mass is 508 g/mol. The number of aromatic nitrogens is 6. The summed E-state index contributed by atoms with van der Waals surface area (Å²) < 4.78 is 20.7. The van der Waals surface area contributed by atoms with Crippen LogP contribution < -0.4 is 15.8 Å². The lowest BCUT2D eigenvalue weighted by Gasteiger charge is -2.11. The average Bonchev–Trinajstić information content (AvgIpc) is 3.56. The highest BCUT2D eigenvalue weighted by Gasteiger charge is 2.19. The van der Waals surface area contributed by atoms with E-state index in [0.29, 0.717) is 28.4 Å². The van der Waals surface area contributed by atoms with Crippen molar-refractivity contribution in [3.05, 3.63) is 90.3 Å². The van der Waals surface area contributed by atoms with Gasteiger partial charge in [0.2, 0.25) is 5.78 Å². The molecule has 4 aromatic heterocycles. The van der Waals surface area contributed by atoms with E-state index in [4.69, 9.17) is 15.5 Å². The number of fused-ring (bicyclic) bond motifs is 2. The van der Waals surface area contributed by atoms with E-state index in [1.165, 1.54) is 19.2 Å². The molecule has 4 N–H and O–H groups in total. The molecular weight excluding hydrogens is 487 g/mol. The van der Waals surface area contributed by atoms with E-state index in [0.717, 1.165) is 34.0 Å². The first-order chi connectivity index (χ1) is 18.5. The smallest absolute Gasteiger partial charge is 0.255 e. The zero-order chi connectivity index (χ0) is 26.2. The molecule has 0 atom stereocenters. The van der Waals surface area contributed by atoms with Gasteiger partial charge in [0.1, 0.15) is 11.6 Å². The predicted molar refractivity (Wildman–Crippen MR) is 140 cm³/mol. The van der Waals surface area contributed by atoms with Gasteiger partial charge in [-0.2, -0.15) is 5.10 Å². The van der Waals surface area contributed by atoms with Gasteiger partial charge in [-0.3, -0.25) is 19.3 Å². The fourth-order valence-electron chi connectivity index (χ4n) is 4.40. The lowest BCUT2D eigenvalue weighted by atomic mass is 10.0. The molecule has 1 amide bonds. The molecule has 0 spiro atoms. The standard InChI is InChI=1S/C27H21FN8O2/c1-38-21-8-7-17(28)11-18(21)26(37)32-12-15-3-5-16(6-4-15)23-22-24(34-35-25(22)29)19(13-31-23)20-14-33-27-30-9-2-10-36(20)27/h2-11,13-14H,12H2,1H3,(H,32,37)(H3,29,34,35). The van der Waals surface area contributed by atoms with Crippen LogP contribution in [0.3, 0.4) is 0 Å². The van der Waals surface area contributed by atoms with Gasteiger partial charge in [0, 0.05) is 36.3 Å². The number of methoxy groups -OCH3 is 1. The van der Waals surface area contributed by atoms with Crippen LogP contribution in [0.5, 0.6) is 5.75 Å². The van der Waals surface area contributed by atoms with Gasteiger partial charge in [0.05, 0.1) is 41.2 Å². The van der Waals surface area contributed by atoms with Crippen LogP contribution in [0.15, 0.2) is 73.3 Å². The molecule has 38 heavy (non-hydrogen) atoms. The van der Waals surface area contributed by atoms with E-state index in [1.54, 1.807) is 18.6 Å². The minimum absolute atomic E-state index is 0.132. The third kappa shape index (κ3) is 3.95. The first-order valence-corrected chi connectivity index (χ1v) is 11.7. The minimum Gasteiger partial charge on any atom is -0.496 e. The summed E-state index contributed by atoms with van der Waals surface area (Å²) in [6.07, 6.45) is 7.06. The highest BCUT2D eigenvalue weighted by molar-refractivity contribution is 6.06. The second-order valence-corrected chi connectivity index (χ2v) is 8.54. The van der Waals surface area contributed by atoms with Gasteiger partial charge in [-0.15, -0.1) is 0 Å². The number of H-pyrrole nitrogens is 1. The summed E-state index contributed by atoms with van der Waals surface area (Å²) in [7, 11) is 1.43. The van der Waals surface area contributed by atoms with Crippen LogP contribution in [-0.2, 0) is 6.54 Å². The zero-order valence-corrected chi connectivity index (χ0v) is 20.1. The third-order valence-electron chi connectivity index (χ3n) is 6.27. The molecule has 6 rings (SSSR count). The summed E-state index contributed by atoms with van der Waals surface area (Å²) in [6.45, 7) is 0.247. The zero-order valence-electron chi connectivity index (χ0n) is 20.1. The van der Waals surface area contributed by atoms with Crippen molar-refractivity contribution >= 4 is 28.4 Å². The number of rotatable bonds is 6. The lowest BCUT2D eigenvalue weighted by Crippen LogP contribution is -2.23. The van der Waals surface area contributed by atoms with E-state index in [1.807, 2.05) is 40.9 Å². The molecule has 11 heteroatoms. The average molecular weight is 509 g/mol. The number of nitrogens with one attached hydrogen (secondary N) is 2. The molecule has 2 aromatic carbocycles. The summed E-state index contributed by atoms with van der Waals surface area (Å²) in [5.41, 5.74) is 11.1. The van der Waals surface area contributed by atoms with Crippen molar-refractivity contribution in [3.8, 4) is 28.3 Å². The van der Waals surface area contributed by atoms with Gasteiger partial charge in [0.25, 0.3) is 5.91 Å². The van der Waals surface area contributed by atoms with Crippen LogP contribution in [0.1, 0.15) is 15.9 Å². The maximum atomic E-state index is 13.6. The van der Waals surface area contributed by atoms with Gasteiger partial charge >= 0.3 is 0 Å². The molecule has 0 unspecified atom stereocenters. The van der Waals surface area contributed by atoms with Gasteiger partial charge in [-0.1, -0.05) is 24.3 Å². The van der Waals surface area contributed by atoms with E-state index >= 15 is 0 Å². The first-order valence-electron chi connectivity index (χ1n) is 11.7. The van der Waals surface area contributed by atoms with Crippen LogP contribution >= 0.6 is 0 Å². The summed E-state index contributed by atoms with van der Waals surface area (Å²) in [5, 5.41) is 10.8. The van der Waals surface area contributed by atoms with Crippen LogP contribution in [0.25, 0.3) is 39.2 Å². The Balaban J connectivity index is 1.28. The number of halogens is 1. The number of nitrogen functional groups attached to an aromatic ring is 1. The van der Waals surface area contributed by atoms with Crippen molar-refractivity contribution in [2.24, 2.45) is 0 Å². The van der Waals surface area contributed by atoms with Crippen LogP contribution in [-0.4, -0.2) is 42.6 Å². The Labute approximate surface area is 215 Å². The molecule has 0 radical (unpaired) electrons. The van der Waals surface area contributed by atoms with Crippen LogP contribution in [0.4, 0.5) is 10.2 Å². The van der Waals surface area contributed by atoms with Crippen molar-refractivity contribution in [1.29, 1.82) is 0 Å². The number of carbonyl (C=O) groups is 1. The van der Waals surface area contributed by atoms with Gasteiger partial charge < -0.3 is 15.8 Å². The molecule has 0 aliphatic carbocycles. The number of hydrogen-bond donors (Lipinski definition) is 3. The predicted octanol–water partition coefficient (Wildman–Crippen LogP) is 3.99. The van der Waals surface area contributed by atoms with Crippen molar-refractivity contribution in [2.45, 2.75) is 6.54 Å². The number of aromatic amines is 1. The Morgan fingerprint density at radius 3 is 2.79 bits per heavy atom. The molecule has 6 aromatic rings. The third-order valence-corrected chi connectivity index (χ3v) is 6.27. The Morgan fingerprint density at radius 1 is 1.13 bits per heavy atom. The molecule has 4 heterocycles. The fourth-order valence-corrected chi connectivity index (χ4v) is 4.40. The number of benzene rings is 2. The molecule has 0 fully saturated rings. The molecule has 0 bridgehead atoms. The highest BCUT2D eigenvalue weighted by Crippen LogP contribution is 2.35. The number of anilines is 1. The number of hydrogen-bond acceptors (Lipinski definition) is 7. The molecular formula is C27H21FN8O2. The van der Waals surface area contributed by atoms with Crippen molar-refractivity contribution < 1.29 is 13.9 Å². The number of pyridine rings is 1. The molecule has 0 saturated carbocycles. The summed E-state index contributed by atoms with van der Waals surface area (Å²) >= 11 is 0. The number of carbonyl (C=O) groups excluding carboxylic acids is 1. The lowest BCUT2D eigenvalue weighted by molar-refractivity contribution is 0.0947. The normalized spacial score (nSPS) is 11.2. The topological polar surface area (TPSA) is 136 Å². The van der Waals surface area contributed by atoms with E-state index in [-0.39, 0.29) is 12.1 Å². The number of ether oxygens (including phenoxy) is 1. The molecule has 188 valence electrons. The van der Waals surface area contributed by atoms with Crippen LogP contribution in [0, 0.1) is 5.82 Å². The largest absolute Gasteiger partial charge is 0.496 e.